The van der Waals surface area contributed by atoms with E-state index in [9.17, 15) is 9.90 Å². The molecule has 0 aromatic heterocycles. The first-order chi connectivity index (χ1) is 11.6. The predicted octanol–water partition coefficient (Wildman–Crippen LogP) is 2.75. The first kappa shape index (κ1) is 18.0. The molecule has 0 radical (unpaired) electrons. The molecule has 0 atom stereocenters. The maximum atomic E-state index is 12.4. The van der Waals surface area contributed by atoms with Crippen molar-refractivity contribution in [2.45, 2.75) is 20.3 Å². The number of amides is 1. The van der Waals surface area contributed by atoms with E-state index in [1.54, 1.807) is 4.90 Å². The Balaban J connectivity index is 1.92. The molecule has 4 nitrogen and oxygen atoms in total. The van der Waals surface area contributed by atoms with E-state index in [1.807, 2.05) is 62.4 Å². The first-order valence-corrected chi connectivity index (χ1v) is 8.23. The maximum Gasteiger partial charge on any atom is 0.260 e. The summed E-state index contributed by atoms with van der Waals surface area (Å²) in [4.78, 5) is 14.1. The second-order valence-corrected chi connectivity index (χ2v) is 5.90. The van der Waals surface area contributed by atoms with Gasteiger partial charge < -0.3 is 14.7 Å². The lowest BCUT2D eigenvalue weighted by Crippen LogP contribution is -2.38. The molecule has 0 aliphatic heterocycles. The molecule has 0 aliphatic carbocycles. The van der Waals surface area contributed by atoms with Crippen LogP contribution in [-0.2, 0) is 11.2 Å². The van der Waals surface area contributed by atoms with Crippen molar-refractivity contribution < 1.29 is 14.6 Å². The molecule has 0 fully saturated rings. The Bertz CT molecular complexity index is 655. The molecule has 128 valence electrons. The first-order valence-electron chi connectivity index (χ1n) is 8.23. The third-order valence-electron chi connectivity index (χ3n) is 3.93. The lowest BCUT2D eigenvalue weighted by Gasteiger charge is -2.22. The highest BCUT2D eigenvalue weighted by atomic mass is 16.5. The summed E-state index contributed by atoms with van der Waals surface area (Å²) in [6.45, 7) is 4.77. The number of nitrogens with zero attached hydrogens (tertiary/aromatic N) is 1. The zero-order valence-electron chi connectivity index (χ0n) is 14.4. The third kappa shape index (κ3) is 5.39. The summed E-state index contributed by atoms with van der Waals surface area (Å²) in [5.74, 6) is 0.622. The average molecular weight is 327 g/mol. The quantitative estimate of drug-likeness (QED) is 0.811. The van der Waals surface area contributed by atoms with Gasteiger partial charge in [0.05, 0.1) is 6.61 Å². The largest absolute Gasteiger partial charge is 0.483 e. The molecule has 0 heterocycles. The Kier molecular flexibility index (Phi) is 6.82. The molecular formula is C20H25NO3. The number of rotatable bonds is 8. The van der Waals surface area contributed by atoms with Crippen molar-refractivity contribution in [3.63, 3.8) is 0 Å². The summed E-state index contributed by atoms with van der Waals surface area (Å²) in [5.41, 5.74) is 3.27. The molecule has 4 heteroatoms. The molecule has 1 amide bonds. The van der Waals surface area contributed by atoms with Crippen molar-refractivity contribution in [1.82, 2.24) is 4.90 Å². The zero-order chi connectivity index (χ0) is 17.4. The van der Waals surface area contributed by atoms with Gasteiger partial charge in [0.1, 0.15) is 5.75 Å². The van der Waals surface area contributed by atoms with Crippen LogP contribution in [0.5, 0.6) is 5.75 Å². The molecule has 0 saturated carbocycles. The number of hydrogen-bond donors (Lipinski definition) is 1. The van der Waals surface area contributed by atoms with Crippen molar-refractivity contribution >= 4 is 5.91 Å². The number of hydrogen-bond acceptors (Lipinski definition) is 3. The fraction of sp³-hybridized carbons (Fsp3) is 0.350. The number of aliphatic hydroxyl groups is 1. The van der Waals surface area contributed by atoms with Crippen LogP contribution in [0.2, 0.25) is 0 Å². The Labute approximate surface area is 143 Å². The van der Waals surface area contributed by atoms with Gasteiger partial charge in [0.25, 0.3) is 5.91 Å². The molecule has 0 aliphatic rings. The monoisotopic (exact) mass is 327 g/mol. The number of benzene rings is 2. The van der Waals surface area contributed by atoms with Crippen molar-refractivity contribution in [1.29, 1.82) is 0 Å². The number of aliphatic hydroxyl groups excluding tert-OH is 1. The fourth-order valence-electron chi connectivity index (χ4n) is 2.48. The Hall–Kier alpha value is -2.33. The van der Waals surface area contributed by atoms with Gasteiger partial charge >= 0.3 is 0 Å². The van der Waals surface area contributed by atoms with Crippen LogP contribution >= 0.6 is 0 Å². The molecular weight excluding hydrogens is 302 g/mol. The van der Waals surface area contributed by atoms with Gasteiger partial charge in [-0.05, 0) is 43.0 Å². The van der Waals surface area contributed by atoms with E-state index >= 15 is 0 Å². The summed E-state index contributed by atoms with van der Waals surface area (Å²) in [5, 5.41) is 9.21. The lowest BCUT2D eigenvalue weighted by molar-refractivity contribution is -0.133. The van der Waals surface area contributed by atoms with E-state index in [-0.39, 0.29) is 19.1 Å². The van der Waals surface area contributed by atoms with E-state index < -0.39 is 0 Å². The third-order valence-corrected chi connectivity index (χ3v) is 3.93. The number of carbonyl (C=O) groups excluding carboxylic acids is 1. The van der Waals surface area contributed by atoms with Crippen molar-refractivity contribution in [2.75, 3.05) is 26.3 Å². The van der Waals surface area contributed by atoms with Gasteiger partial charge in [0, 0.05) is 13.1 Å². The molecule has 2 aromatic rings. The van der Waals surface area contributed by atoms with Crippen LogP contribution in [0.1, 0.15) is 16.7 Å². The highest BCUT2D eigenvalue weighted by Crippen LogP contribution is 2.19. The normalized spacial score (nSPS) is 10.5. The number of ether oxygens (including phenoxy) is 1. The Morgan fingerprint density at radius 1 is 1.08 bits per heavy atom. The minimum absolute atomic E-state index is 0.0148. The van der Waals surface area contributed by atoms with E-state index in [4.69, 9.17) is 4.74 Å². The van der Waals surface area contributed by atoms with Crippen LogP contribution in [0.15, 0.2) is 48.5 Å². The number of aryl methyl sites for hydroxylation is 2. The van der Waals surface area contributed by atoms with Gasteiger partial charge in [-0.2, -0.15) is 0 Å². The van der Waals surface area contributed by atoms with Crippen LogP contribution in [0.25, 0.3) is 0 Å². The Morgan fingerprint density at radius 3 is 2.54 bits per heavy atom. The SMILES string of the molecule is Cc1ccc(C)c(OCC(=O)N(CCO)CCc2ccccc2)c1. The lowest BCUT2D eigenvalue weighted by atomic mass is 10.1. The molecule has 0 saturated heterocycles. The van der Waals surface area contributed by atoms with E-state index in [0.29, 0.717) is 13.1 Å². The van der Waals surface area contributed by atoms with Crippen molar-refractivity contribution in [2.24, 2.45) is 0 Å². The van der Waals surface area contributed by atoms with Crippen LogP contribution in [-0.4, -0.2) is 42.2 Å². The summed E-state index contributed by atoms with van der Waals surface area (Å²) in [7, 11) is 0. The molecule has 24 heavy (non-hydrogen) atoms. The average Bonchev–Trinajstić information content (AvgIpc) is 2.60. The summed E-state index contributed by atoms with van der Waals surface area (Å²) in [6, 6.07) is 15.9. The van der Waals surface area contributed by atoms with Gasteiger partial charge in [0.15, 0.2) is 6.61 Å². The van der Waals surface area contributed by atoms with Crippen LogP contribution in [0.3, 0.4) is 0 Å². The summed E-state index contributed by atoms with van der Waals surface area (Å²) in [6.07, 6.45) is 0.760. The highest BCUT2D eigenvalue weighted by Gasteiger charge is 2.14. The standard InChI is InChI=1S/C20H25NO3/c1-16-8-9-17(2)19(14-16)24-15-20(23)21(12-13-22)11-10-18-6-4-3-5-7-18/h3-9,14,22H,10-13,15H2,1-2H3. The number of carbonyl (C=O) groups is 1. The summed E-state index contributed by atoms with van der Waals surface area (Å²) >= 11 is 0. The van der Waals surface area contributed by atoms with E-state index in [2.05, 4.69) is 0 Å². The second kappa shape index (κ2) is 9.08. The van der Waals surface area contributed by atoms with Crippen LogP contribution in [0, 0.1) is 13.8 Å². The minimum atomic E-state index is -0.110. The zero-order valence-corrected chi connectivity index (χ0v) is 14.4. The minimum Gasteiger partial charge on any atom is -0.483 e. The van der Waals surface area contributed by atoms with E-state index in [1.165, 1.54) is 5.56 Å². The second-order valence-electron chi connectivity index (χ2n) is 5.90. The van der Waals surface area contributed by atoms with Crippen molar-refractivity contribution in [3.05, 3.63) is 65.2 Å². The molecule has 0 bridgehead atoms. The molecule has 0 unspecified atom stereocenters. The predicted molar refractivity (Wildman–Crippen MR) is 95.2 cm³/mol. The summed E-state index contributed by atoms with van der Waals surface area (Å²) < 4.78 is 5.69. The van der Waals surface area contributed by atoms with Crippen molar-refractivity contribution in [3.8, 4) is 5.75 Å². The van der Waals surface area contributed by atoms with Gasteiger partial charge in [0.2, 0.25) is 0 Å². The molecule has 0 spiro atoms. The van der Waals surface area contributed by atoms with Crippen LogP contribution < -0.4 is 4.74 Å². The smallest absolute Gasteiger partial charge is 0.260 e. The van der Waals surface area contributed by atoms with Gasteiger partial charge in [-0.3, -0.25) is 4.79 Å². The molecule has 1 N–H and O–H groups in total. The van der Waals surface area contributed by atoms with Gasteiger partial charge in [-0.25, -0.2) is 0 Å². The van der Waals surface area contributed by atoms with E-state index in [0.717, 1.165) is 23.3 Å². The fourth-order valence-corrected chi connectivity index (χ4v) is 2.48. The van der Waals surface area contributed by atoms with Gasteiger partial charge in [-0.15, -0.1) is 0 Å². The Morgan fingerprint density at radius 2 is 1.83 bits per heavy atom. The molecule has 2 rings (SSSR count). The van der Waals surface area contributed by atoms with Gasteiger partial charge in [-0.1, -0.05) is 42.5 Å². The molecule has 2 aromatic carbocycles. The maximum absolute atomic E-state index is 12.4. The topological polar surface area (TPSA) is 49.8 Å². The highest BCUT2D eigenvalue weighted by molar-refractivity contribution is 5.77. The van der Waals surface area contributed by atoms with Crippen LogP contribution in [0.4, 0.5) is 0 Å².